The third-order valence-corrected chi connectivity index (χ3v) is 6.05. The third-order valence-electron chi connectivity index (χ3n) is 6.05. The molecule has 0 saturated heterocycles. The molecule has 2 heterocycles. The number of carboxylic acid groups (broad SMARTS) is 1. The van der Waals surface area contributed by atoms with Gasteiger partial charge in [0.2, 0.25) is 5.91 Å². The van der Waals surface area contributed by atoms with Gasteiger partial charge in [-0.3, -0.25) is 19.3 Å². The van der Waals surface area contributed by atoms with Crippen LogP contribution in [0.5, 0.6) is 0 Å². The highest BCUT2D eigenvalue weighted by Gasteiger charge is 2.34. The van der Waals surface area contributed by atoms with Gasteiger partial charge in [-0.2, -0.15) is 0 Å². The summed E-state index contributed by atoms with van der Waals surface area (Å²) in [7, 11) is 1.99. The van der Waals surface area contributed by atoms with Gasteiger partial charge in [0, 0.05) is 37.2 Å². The Kier molecular flexibility index (Phi) is 6.54. The van der Waals surface area contributed by atoms with Crippen molar-refractivity contribution in [1.29, 1.82) is 0 Å². The summed E-state index contributed by atoms with van der Waals surface area (Å²) in [6, 6.07) is 13.7. The average molecular weight is 460 g/mol. The highest BCUT2D eigenvalue weighted by molar-refractivity contribution is 6.13. The summed E-state index contributed by atoms with van der Waals surface area (Å²) in [4.78, 5) is 41.0. The number of rotatable bonds is 7. The molecule has 7 nitrogen and oxygen atoms in total. The molecule has 7 heteroatoms. The Hall–Kier alpha value is -3.87. The van der Waals surface area contributed by atoms with E-state index in [0.717, 1.165) is 21.4 Å². The van der Waals surface area contributed by atoms with Gasteiger partial charge >= 0.3 is 5.97 Å². The van der Waals surface area contributed by atoms with Crippen molar-refractivity contribution < 1.29 is 19.5 Å². The van der Waals surface area contributed by atoms with Crippen LogP contribution in [-0.4, -0.2) is 45.4 Å². The lowest BCUT2D eigenvalue weighted by Crippen LogP contribution is -2.41. The first kappa shape index (κ1) is 23.3. The number of aromatic nitrogens is 1. The highest BCUT2D eigenvalue weighted by atomic mass is 16.4. The van der Waals surface area contributed by atoms with Crippen LogP contribution in [0.15, 0.2) is 54.7 Å². The molecule has 0 atom stereocenters. The van der Waals surface area contributed by atoms with Gasteiger partial charge in [-0.25, -0.2) is 0 Å². The van der Waals surface area contributed by atoms with Crippen LogP contribution >= 0.6 is 0 Å². The highest BCUT2D eigenvalue weighted by Crippen LogP contribution is 2.32. The summed E-state index contributed by atoms with van der Waals surface area (Å²) < 4.78 is 2.05. The summed E-state index contributed by atoms with van der Waals surface area (Å²) in [6.45, 7) is 4.37. The largest absolute Gasteiger partial charge is 0.481 e. The van der Waals surface area contributed by atoms with Gasteiger partial charge in [0.1, 0.15) is 0 Å². The molecular formula is C27H29N3O4. The van der Waals surface area contributed by atoms with Gasteiger partial charge in [-0.1, -0.05) is 56.3 Å². The number of para-hydroxylation sites is 1. The van der Waals surface area contributed by atoms with Crippen LogP contribution in [0.1, 0.15) is 41.8 Å². The summed E-state index contributed by atoms with van der Waals surface area (Å²) in [5.41, 5.74) is 3.96. The fourth-order valence-corrected chi connectivity index (χ4v) is 4.40. The number of carbonyl (C=O) groups is 3. The molecule has 1 aliphatic heterocycles. The predicted molar refractivity (Wildman–Crippen MR) is 133 cm³/mol. The Bertz CT molecular complexity index is 1290. The molecule has 0 radical (unpaired) electrons. The zero-order valence-electron chi connectivity index (χ0n) is 19.7. The summed E-state index contributed by atoms with van der Waals surface area (Å²) in [6.07, 6.45) is 5.67. The minimum absolute atomic E-state index is 0.0150. The number of aliphatic carboxylic acids is 1. The lowest BCUT2D eigenvalue weighted by molar-refractivity contribution is -0.137. The minimum atomic E-state index is -1.05. The van der Waals surface area contributed by atoms with Crippen molar-refractivity contribution in [2.45, 2.75) is 26.8 Å². The third kappa shape index (κ3) is 4.59. The standard InChI is InChI=1S/C27H29N3O4/c1-18(2)11-12-19-7-6-10-23-26(19)27(34)30(14-13-25(32)33)24(31)17-29(23)16-20-15-28(3)22-9-5-4-8-21(20)22/h4-12,15,18H,13-14,16-17H2,1-3H3,(H,32,33)/b12-11+. The molecule has 2 aromatic carbocycles. The Balaban J connectivity index is 1.81. The zero-order chi connectivity index (χ0) is 24.4. The number of allylic oxidation sites excluding steroid dienone is 1. The SMILES string of the molecule is CC(C)/C=C/c1cccc2c1C(=O)N(CCC(=O)O)C(=O)CN2Cc1cn(C)c2ccccc12. The molecule has 4 rings (SSSR count). The van der Waals surface area contributed by atoms with E-state index in [1.54, 1.807) is 0 Å². The lowest BCUT2D eigenvalue weighted by atomic mass is 10.0. The molecule has 0 spiro atoms. The summed E-state index contributed by atoms with van der Waals surface area (Å²) in [5.74, 6) is -1.62. The minimum Gasteiger partial charge on any atom is -0.481 e. The zero-order valence-corrected chi connectivity index (χ0v) is 19.7. The van der Waals surface area contributed by atoms with E-state index in [0.29, 0.717) is 23.4 Å². The predicted octanol–water partition coefficient (Wildman–Crippen LogP) is 4.31. The maximum atomic E-state index is 13.6. The van der Waals surface area contributed by atoms with Gasteiger partial charge in [0.05, 0.1) is 24.2 Å². The molecule has 1 aliphatic rings. The number of hydrogen-bond acceptors (Lipinski definition) is 4. The lowest BCUT2D eigenvalue weighted by Gasteiger charge is -2.24. The van der Waals surface area contributed by atoms with Crippen LogP contribution in [0.3, 0.4) is 0 Å². The van der Waals surface area contributed by atoms with E-state index in [-0.39, 0.29) is 25.4 Å². The van der Waals surface area contributed by atoms with Crippen LogP contribution in [0.2, 0.25) is 0 Å². The molecule has 2 amide bonds. The van der Waals surface area contributed by atoms with Gasteiger partial charge in [0.25, 0.3) is 5.91 Å². The molecule has 1 N–H and O–H groups in total. The number of aryl methyl sites for hydroxylation is 1. The molecule has 34 heavy (non-hydrogen) atoms. The van der Waals surface area contributed by atoms with Crippen LogP contribution in [0.25, 0.3) is 17.0 Å². The number of benzene rings is 2. The maximum Gasteiger partial charge on any atom is 0.305 e. The van der Waals surface area contributed by atoms with E-state index in [1.807, 2.05) is 66.7 Å². The van der Waals surface area contributed by atoms with Crippen molar-refractivity contribution in [2.24, 2.45) is 13.0 Å². The number of fused-ring (bicyclic) bond motifs is 2. The van der Waals surface area contributed by atoms with E-state index in [4.69, 9.17) is 5.11 Å². The van der Waals surface area contributed by atoms with E-state index < -0.39 is 17.8 Å². The summed E-state index contributed by atoms with van der Waals surface area (Å²) in [5, 5.41) is 10.2. The second-order valence-electron chi connectivity index (χ2n) is 8.98. The van der Waals surface area contributed by atoms with Gasteiger partial charge in [0.15, 0.2) is 0 Å². The number of amides is 2. The molecule has 0 saturated carbocycles. The normalized spacial score (nSPS) is 14.4. The Labute approximate surface area is 198 Å². The number of nitrogens with zero attached hydrogens (tertiary/aromatic N) is 3. The maximum absolute atomic E-state index is 13.6. The van der Waals surface area contributed by atoms with Crippen molar-refractivity contribution in [2.75, 3.05) is 18.0 Å². The molecule has 0 fully saturated rings. The number of carboxylic acids is 1. The van der Waals surface area contributed by atoms with Crippen molar-refractivity contribution >= 4 is 40.4 Å². The fourth-order valence-electron chi connectivity index (χ4n) is 4.40. The Morgan fingerprint density at radius 1 is 1.12 bits per heavy atom. The van der Waals surface area contributed by atoms with Crippen molar-refractivity contribution in [3.05, 3.63) is 71.4 Å². The van der Waals surface area contributed by atoms with Gasteiger partial charge in [-0.15, -0.1) is 0 Å². The first-order valence-electron chi connectivity index (χ1n) is 11.4. The number of anilines is 1. The topological polar surface area (TPSA) is 82.8 Å². The average Bonchev–Trinajstić information content (AvgIpc) is 3.07. The molecule has 0 unspecified atom stereocenters. The number of hydrogen-bond donors (Lipinski definition) is 1. The van der Waals surface area contributed by atoms with Crippen molar-refractivity contribution in [3.63, 3.8) is 0 Å². The van der Waals surface area contributed by atoms with Crippen molar-refractivity contribution in [3.8, 4) is 0 Å². The Morgan fingerprint density at radius 2 is 1.88 bits per heavy atom. The van der Waals surface area contributed by atoms with E-state index in [9.17, 15) is 14.4 Å². The second kappa shape index (κ2) is 9.55. The molecule has 0 bridgehead atoms. The molecule has 0 aliphatic carbocycles. The smallest absolute Gasteiger partial charge is 0.305 e. The van der Waals surface area contributed by atoms with Crippen LogP contribution < -0.4 is 4.90 Å². The van der Waals surface area contributed by atoms with Crippen LogP contribution in [0, 0.1) is 5.92 Å². The van der Waals surface area contributed by atoms with Crippen molar-refractivity contribution in [1.82, 2.24) is 9.47 Å². The van der Waals surface area contributed by atoms with Crippen LogP contribution in [-0.2, 0) is 23.2 Å². The molecule has 176 valence electrons. The van der Waals surface area contributed by atoms with E-state index in [1.165, 1.54) is 0 Å². The van der Waals surface area contributed by atoms with Gasteiger partial charge in [-0.05, 0) is 29.2 Å². The monoisotopic (exact) mass is 459 g/mol. The molecule has 1 aromatic heterocycles. The first-order valence-corrected chi connectivity index (χ1v) is 11.4. The fraction of sp³-hybridized carbons (Fsp3) is 0.296. The van der Waals surface area contributed by atoms with E-state index >= 15 is 0 Å². The number of carbonyl (C=O) groups excluding carboxylic acids is 2. The number of imide groups is 1. The second-order valence-corrected chi connectivity index (χ2v) is 8.98. The summed E-state index contributed by atoms with van der Waals surface area (Å²) >= 11 is 0. The van der Waals surface area contributed by atoms with E-state index in [2.05, 4.69) is 24.5 Å². The quantitative estimate of drug-likeness (QED) is 0.533. The Morgan fingerprint density at radius 3 is 2.62 bits per heavy atom. The van der Waals surface area contributed by atoms with Gasteiger partial charge < -0.3 is 14.6 Å². The first-order chi connectivity index (χ1) is 16.3. The molecule has 3 aromatic rings. The molecular weight excluding hydrogens is 430 g/mol. The van der Waals surface area contributed by atoms with Crippen LogP contribution in [0.4, 0.5) is 5.69 Å².